The SMILES string of the molecule is CCCCO.CCCC[Si](CC)CC.[Dy]. The molecule has 0 aliphatic rings. The standard InChI is InChI=1S/C8H19Si.C4H10O.Dy/c1-4-7-8-9(5-2)6-3;1-2-3-4-5;/h4-8H2,1-3H3;5H,2-4H2,1H3;. The predicted octanol–water partition coefficient (Wildman–Crippen LogP) is 4.10. The first kappa shape index (κ1) is 21.7. The maximum Gasteiger partial charge on any atom is 0.0473 e. The Morgan fingerprint density at radius 2 is 1.33 bits per heavy atom. The molecule has 0 aromatic rings. The van der Waals surface area contributed by atoms with Crippen LogP contribution in [0.15, 0.2) is 0 Å². The van der Waals surface area contributed by atoms with E-state index < -0.39 is 0 Å². The van der Waals surface area contributed by atoms with E-state index in [2.05, 4.69) is 27.7 Å². The van der Waals surface area contributed by atoms with Crippen LogP contribution >= 0.6 is 0 Å². The Bertz CT molecular complexity index is 85.7. The Morgan fingerprint density at radius 1 is 0.867 bits per heavy atom. The molecule has 0 amide bonds. The summed E-state index contributed by atoms with van der Waals surface area (Å²) < 4.78 is 0. The second-order valence-corrected chi connectivity index (χ2v) is 7.05. The van der Waals surface area contributed by atoms with Gasteiger partial charge in [-0.2, -0.15) is 0 Å². The summed E-state index contributed by atoms with van der Waals surface area (Å²) in [4.78, 5) is 0. The van der Waals surface area contributed by atoms with Gasteiger partial charge in [-0.05, 0) is 6.42 Å². The van der Waals surface area contributed by atoms with Crippen molar-refractivity contribution in [3.05, 3.63) is 0 Å². The van der Waals surface area contributed by atoms with Crippen LogP contribution in [0, 0.1) is 38.2 Å². The van der Waals surface area contributed by atoms with Crippen LogP contribution in [0.2, 0.25) is 18.1 Å². The molecule has 0 aromatic heterocycles. The Hall–Kier alpha value is 1.45. The van der Waals surface area contributed by atoms with Crippen molar-refractivity contribution in [2.45, 2.75) is 71.5 Å². The van der Waals surface area contributed by atoms with Gasteiger partial charge in [0.1, 0.15) is 0 Å². The van der Waals surface area contributed by atoms with Gasteiger partial charge in [-0.1, -0.05) is 65.1 Å². The van der Waals surface area contributed by atoms with Gasteiger partial charge < -0.3 is 5.11 Å². The zero-order valence-corrected chi connectivity index (χ0v) is 13.9. The van der Waals surface area contributed by atoms with E-state index in [0.717, 1.165) is 12.8 Å². The molecule has 1 radical (unpaired) electrons. The summed E-state index contributed by atoms with van der Waals surface area (Å²) in [5.41, 5.74) is 0. The van der Waals surface area contributed by atoms with Crippen molar-refractivity contribution in [3.63, 3.8) is 0 Å². The van der Waals surface area contributed by atoms with Crippen LogP contribution < -0.4 is 0 Å². The fourth-order valence-electron chi connectivity index (χ4n) is 1.19. The minimum absolute atomic E-state index is 0. The molecule has 0 bridgehead atoms. The minimum atomic E-state index is 0. The van der Waals surface area contributed by atoms with Gasteiger partial charge in [0.25, 0.3) is 0 Å². The fourth-order valence-corrected chi connectivity index (χ4v) is 3.25. The first-order valence-electron chi connectivity index (χ1n) is 6.21. The molecule has 0 rings (SSSR count). The van der Waals surface area contributed by atoms with Crippen molar-refractivity contribution in [3.8, 4) is 0 Å². The van der Waals surface area contributed by atoms with Crippen molar-refractivity contribution in [1.29, 1.82) is 0 Å². The molecular weight excluding hydrogens is 351 g/mol. The van der Waals surface area contributed by atoms with Gasteiger partial charge >= 0.3 is 0 Å². The number of unbranched alkanes of at least 4 members (excludes halogenated alkanes) is 2. The second kappa shape index (κ2) is 20.8. The van der Waals surface area contributed by atoms with Crippen LogP contribution in [0.1, 0.15) is 53.4 Å². The molecule has 0 unspecified atom stereocenters. The molecule has 0 atom stereocenters. The first-order chi connectivity index (χ1) is 6.76. The molecule has 0 spiro atoms. The first-order valence-corrected chi connectivity index (χ1v) is 8.33. The molecule has 0 saturated carbocycles. The molecule has 0 aliphatic heterocycles. The molecule has 3 heteroatoms. The average Bonchev–Trinajstić information content (AvgIpc) is 2.22. The Kier molecular flexibility index (Phi) is 30.1. The molecular formula is C12H29DyOSi. The van der Waals surface area contributed by atoms with Crippen LogP contribution in [0.3, 0.4) is 0 Å². The van der Waals surface area contributed by atoms with E-state index in [1.54, 1.807) is 6.04 Å². The van der Waals surface area contributed by atoms with Crippen molar-refractivity contribution in [2.24, 2.45) is 0 Å². The minimum Gasteiger partial charge on any atom is -0.396 e. The molecule has 0 aromatic carbocycles. The van der Waals surface area contributed by atoms with E-state index in [1.165, 1.54) is 24.9 Å². The van der Waals surface area contributed by atoms with Gasteiger partial charge in [0.05, 0.1) is 0 Å². The zero-order chi connectivity index (χ0) is 11.2. The third-order valence-electron chi connectivity index (χ3n) is 2.40. The number of hydrogen-bond donors (Lipinski definition) is 1. The van der Waals surface area contributed by atoms with Crippen molar-refractivity contribution in [2.75, 3.05) is 6.61 Å². The van der Waals surface area contributed by atoms with E-state index in [-0.39, 0.29) is 47.0 Å². The second-order valence-electron chi connectivity index (χ2n) is 3.64. The topological polar surface area (TPSA) is 20.2 Å². The van der Waals surface area contributed by atoms with Crippen molar-refractivity contribution >= 4 is 8.80 Å². The predicted molar refractivity (Wildman–Crippen MR) is 68.4 cm³/mol. The van der Waals surface area contributed by atoms with Gasteiger partial charge in [0.2, 0.25) is 0 Å². The summed E-state index contributed by atoms with van der Waals surface area (Å²) in [6.07, 6.45) is 4.89. The smallest absolute Gasteiger partial charge is 0.0473 e. The monoisotopic (exact) mass is 381 g/mol. The number of rotatable bonds is 7. The van der Waals surface area contributed by atoms with Crippen LogP contribution in [0.25, 0.3) is 0 Å². The number of aliphatic hydroxyl groups is 1. The van der Waals surface area contributed by atoms with E-state index in [4.69, 9.17) is 5.11 Å². The molecule has 1 nitrogen and oxygen atoms in total. The van der Waals surface area contributed by atoms with Crippen molar-refractivity contribution in [1.82, 2.24) is 0 Å². The quantitative estimate of drug-likeness (QED) is 0.660. The summed E-state index contributed by atoms with van der Waals surface area (Å²) in [5, 5.41) is 8.07. The van der Waals surface area contributed by atoms with Gasteiger partial charge in [0.15, 0.2) is 0 Å². The van der Waals surface area contributed by atoms with Gasteiger partial charge in [-0.25, -0.2) is 0 Å². The van der Waals surface area contributed by atoms with Crippen LogP contribution in [-0.2, 0) is 0 Å². The molecule has 15 heavy (non-hydrogen) atoms. The van der Waals surface area contributed by atoms with E-state index in [9.17, 15) is 0 Å². The summed E-state index contributed by atoms with van der Waals surface area (Å²) in [6, 6.07) is 4.50. The third kappa shape index (κ3) is 21.3. The Balaban J connectivity index is -0.000000208. The molecule has 0 heterocycles. The van der Waals surface area contributed by atoms with Crippen molar-refractivity contribution < 1.29 is 43.3 Å². The summed E-state index contributed by atoms with van der Waals surface area (Å²) >= 11 is 0. The Labute approximate surface area is 129 Å². The summed E-state index contributed by atoms with van der Waals surface area (Å²) in [5.74, 6) is 0. The molecule has 97 valence electrons. The van der Waals surface area contributed by atoms with Gasteiger partial charge in [-0.15, -0.1) is 0 Å². The van der Waals surface area contributed by atoms with E-state index in [0.29, 0.717) is 6.61 Å². The number of hydrogen-bond acceptors (Lipinski definition) is 1. The molecule has 0 saturated heterocycles. The molecule has 1 N–H and O–H groups in total. The zero-order valence-electron chi connectivity index (χ0n) is 10.9. The normalized spacial score (nSPS) is 9.20. The maximum absolute atomic E-state index is 8.07. The average molecular weight is 380 g/mol. The third-order valence-corrected chi connectivity index (χ3v) is 5.46. The number of aliphatic hydroxyl groups excluding tert-OH is 1. The maximum atomic E-state index is 8.07. The largest absolute Gasteiger partial charge is 0.396 e. The Morgan fingerprint density at radius 3 is 1.53 bits per heavy atom. The van der Waals surface area contributed by atoms with Crippen LogP contribution in [0.5, 0.6) is 0 Å². The van der Waals surface area contributed by atoms with Gasteiger partial charge in [-0.3, -0.25) is 0 Å². The van der Waals surface area contributed by atoms with Crippen LogP contribution in [0.4, 0.5) is 0 Å². The summed E-state index contributed by atoms with van der Waals surface area (Å²) in [7, 11) is 0.114. The fraction of sp³-hybridized carbons (Fsp3) is 1.00. The van der Waals surface area contributed by atoms with E-state index in [1.807, 2.05) is 0 Å². The molecule has 0 aliphatic carbocycles. The van der Waals surface area contributed by atoms with Crippen LogP contribution in [-0.4, -0.2) is 20.5 Å². The van der Waals surface area contributed by atoms with Gasteiger partial charge in [0, 0.05) is 53.6 Å². The van der Waals surface area contributed by atoms with E-state index >= 15 is 0 Å². The summed E-state index contributed by atoms with van der Waals surface area (Å²) in [6.45, 7) is 9.36. The molecule has 0 fully saturated rings.